The number of rotatable bonds is 3. The van der Waals surface area contributed by atoms with Gasteiger partial charge in [-0.15, -0.1) is 0 Å². The number of aryl methyl sites for hydroxylation is 1. The average Bonchev–Trinajstić information content (AvgIpc) is 2.94. The molecular weight excluding hydrogens is 270 g/mol. The highest BCUT2D eigenvalue weighted by molar-refractivity contribution is 5.89. The molecule has 3 rings (SSSR count). The van der Waals surface area contributed by atoms with Gasteiger partial charge in [0.2, 0.25) is 5.65 Å². The number of hydrogen-bond donors (Lipinski definition) is 0. The maximum atomic E-state index is 12.5. The summed E-state index contributed by atoms with van der Waals surface area (Å²) in [7, 11) is 0. The Morgan fingerprint density at radius 2 is 1.95 bits per heavy atom. The van der Waals surface area contributed by atoms with Crippen molar-refractivity contribution in [1.82, 2.24) is 14.0 Å². The number of para-hydroxylation sites is 2. The van der Waals surface area contributed by atoms with E-state index in [1.807, 2.05) is 31.2 Å². The zero-order valence-electron chi connectivity index (χ0n) is 11.9. The van der Waals surface area contributed by atoms with Crippen LogP contribution in [0.1, 0.15) is 24.3 Å². The van der Waals surface area contributed by atoms with E-state index >= 15 is 0 Å². The van der Waals surface area contributed by atoms with Gasteiger partial charge in [-0.3, -0.25) is 9.20 Å². The first-order valence-corrected chi connectivity index (χ1v) is 6.85. The van der Waals surface area contributed by atoms with Crippen LogP contribution in [0.2, 0.25) is 0 Å². The number of esters is 1. The third-order valence-corrected chi connectivity index (χ3v) is 3.38. The van der Waals surface area contributed by atoms with Gasteiger partial charge in [0.1, 0.15) is 0 Å². The normalized spacial score (nSPS) is 11.1. The number of benzene rings is 1. The lowest BCUT2D eigenvalue weighted by molar-refractivity contribution is 0.0520. The molecule has 0 radical (unpaired) electrons. The van der Waals surface area contributed by atoms with Crippen LogP contribution >= 0.6 is 0 Å². The summed E-state index contributed by atoms with van der Waals surface area (Å²) in [4.78, 5) is 28.4. The van der Waals surface area contributed by atoms with Crippen molar-refractivity contribution in [2.24, 2.45) is 0 Å². The monoisotopic (exact) mass is 285 g/mol. The number of nitrogens with zero attached hydrogens (tertiary/aromatic N) is 3. The van der Waals surface area contributed by atoms with E-state index in [1.54, 1.807) is 22.1 Å². The Labute approximate surface area is 120 Å². The van der Waals surface area contributed by atoms with Crippen molar-refractivity contribution in [2.45, 2.75) is 20.4 Å². The van der Waals surface area contributed by atoms with Crippen LogP contribution in [0, 0.1) is 0 Å². The largest absolute Gasteiger partial charge is 0.461 e. The number of imidazole rings is 1. The van der Waals surface area contributed by atoms with E-state index in [2.05, 4.69) is 4.98 Å². The molecule has 0 spiro atoms. The van der Waals surface area contributed by atoms with Gasteiger partial charge < -0.3 is 9.30 Å². The number of fused-ring (bicyclic) bond motifs is 3. The highest BCUT2D eigenvalue weighted by atomic mass is 16.5. The molecule has 0 fully saturated rings. The third-order valence-electron chi connectivity index (χ3n) is 3.38. The van der Waals surface area contributed by atoms with E-state index < -0.39 is 5.97 Å². The highest BCUT2D eigenvalue weighted by Gasteiger charge is 2.17. The summed E-state index contributed by atoms with van der Waals surface area (Å²) in [6.45, 7) is 4.44. The summed E-state index contributed by atoms with van der Waals surface area (Å²) < 4.78 is 8.24. The molecule has 0 unspecified atom stereocenters. The molecule has 21 heavy (non-hydrogen) atoms. The fourth-order valence-corrected chi connectivity index (χ4v) is 2.46. The van der Waals surface area contributed by atoms with E-state index in [9.17, 15) is 9.59 Å². The van der Waals surface area contributed by atoms with Gasteiger partial charge >= 0.3 is 5.97 Å². The number of carbonyl (C=O) groups is 1. The Kier molecular flexibility index (Phi) is 3.21. The van der Waals surface area contributed by atoms with E-state index in [0.29, 0.717) is 6.54 Å². The van der Waals surface area contributed by atoms with Gasteiger partial charge in [-0.05, 0) is 26.0 Å². The molecule has 2 aromatic heterocycles. The van der Waals surface area contributed by atoms with E-state index in [4.69, 9.17) is 4.74 Å². The summed E-state index contributed by atoms with van der Waals surface area (Å²) in [5.41, 5.74) is 1.81. The predicted molar refractivity (Wildman–Crippen MR) is 78.6 cm³/mol. The minimum atomic E-state index is -0.521. The fraction of sp³-hybridized carbons (Fsp3) is 0.267. The van der Waals surface area contributed by atoms with Crippen LogP contribution < -0.4 is 5.56 Å². The molecule has 0 bridgehead atoms. The average molecular weight is 285 g/mol. The van der Waals surface area contributed by atoms with Crippen LogP contribution in [-0.4, -0.2) is 26.5 Å². The Bertz CT molecular complexity index is 892. The molecule has 0 N–H and O–H groups in total. The standard InChI is InChI=1S/C15H15N3O3/c1-3-17-11-7-5-6-8-12(11)18-9-10(15(20)21-4-2)16-13(18)14(17)19/h5-9H,3-4H2,1-2H3. The molecule has 0 saturated carbocycles. The molecule has 0 aliphatic carbocycles. The second kappa shape index (κ2) is 5.05. The summed E-state index contributed by atoms with van der Waals surface area (Å²) in [6, 6.07) is 7.54. The van der Waals surface area contributed by atoms with Crippen molar-refractivity contribution in [3.63, 3.8) is 0 Å². The maximum absolute atomic E-state index is 12.5. The molecular formula is C15H15N3O3. The highest BCUT2D eigenvalue weighted by Crippen LogP contribution is 2.15. The van der Waals surface area contributed by atoms with Crippen molar-refractivity contribution in [1.29, 1.82) is 0 Å². The second-order valence-electron chi connectivity index (χ2n) is 4.58. The molecule has 6 nitrogen and oxygen atoms in total. The van der Waals surface area contributed by atoms with E-state index in [0.717, 1.165) is 11.0 Å². The van der Waals surface area contributed by atoms with Crippen LogP contribution in [0.15, 0.2) is 35.3 Å². The van der Waals surface area contributed by atoms with Gasteiger partial charge in [0, 0.05) is 12.7 Å². The summed E-state index contributed by atoms with van der Waals surface area (Å²) in [5, 5.41) is 0. The molecule has 108 valence electrons. The fourth-order valence-electron chi connectivity index (χ4n) is 2.46. The van der Waals surface area contributed by atoms with Crippen molar-refractivity contribution >= 4 is 22.6 Å². The molecule has 0 aliphatic rings. The first kappa shape index (κ1) is 13.4. The lowest BCUT2D eigenvalue weighted by atomic mass is 10.3. The molecule has 3 aromatic rings. The van der Waals surface area contributed by atoms with Crippen molar-refractivity contribution in [2.75, 3.05) is 6.61 Å². The lowest BCUT2D eigenvalue weighted by Gasteiger charge is -2.09. The van der Waals surface area contributed by atoms with Crippen molar-refractivity contribution < 1.29 is 9.53 Å². The molecule has 0 amide bonds. The SMILES string of the molecule is CCOC(=O)c1cn2c(n1)c(=O)n(CC)c1ccccc12. The Balaban J connectivity index is 2.39. The van der Waals surface area contributed by atoms with Crippen LogP contribution in [0.4, 0.5) is 0 Å². The van der Waals surface area contributed by atoms with Crippen molar-refractivity contribution in [3.05, 3.63) is 46.5 Å². The Morgan fingerprint density at radius 3 is 2.62 bits per heavy atom. The molecule has 0 atom stereocenters. The number of hydrogen-bond acceptors (Lipinski definition) is 4. The molecule has 2 heterocycles. The van der Waals surface area contributed by atoms with Crippen molar-refractivity contribution in [3.8, 4) is 0 Å². The van der Waals surface area contributed by atoms with Gasteiger partial charge in [-0.25, -0.2) is 9.78 Å². The zero-order valence-corrected chi connectivity index (χ0v) is 11.9. The van der Waals surface area contributed by atoms with Gasteiger partial charge in [0.25, 0.3) is 5.56 Å². The first-order valence-electron chi connectivity index (χ1n) is 6.85. The minimum Gasteiger partial charge on any atom is -0.461 e. The number of carbonyl (C=O) groups excluding carboxylic acids is 1. The molecule has 6 heteroatoms. The van der Waals surface area contributed by atoms with Crippen LogP contribution in [-0.2, 0) is 11.3 Å². The van der Waals surface area contributed by atoms with Crippen LogP contribution in [0.5, 0.6) is 0 Å². The zero-order chi connectivity index (χ0) is 15.0. The van der Waals surface area contributed by atoms with Gasteiger partial charge in [-0.1, -0.05) is 12.1 Å². The Hall–Kier alpha value is -2.63. The maximum Gasteiger partial charge on any atom is 0.358 e. The van der Waals surface area contributed by atoms with E-state index in [-0.39, 0.29) is 23.5 Å². The molecule has 1 aromatic carbocycles. The topological polar surface area (TPSA) is 65.6 Å². The number of ether oxygens (including phenoxy) is 1. The predicted octanol–water partition coefficient (Wildman–Crippen LogP) is 1.85. The lowest BCUT2D eigenvalue weighted by Crippen LogP contribution is -2.22. The van der Waals surface area contributed by atoms with Crippen LogP contribution in [0.25, 0.3) is 16.7 Å². The Morgan fingerprint density at radius 1 is 1.24 bits per heavy atom. The van der Waals surface area contributed by atoms with Gasteiger partial charge in [0.05, 0.1) is 17.6 Å². The van der Waals surface area contributed by atoms with Gasteiger partial charge in [-0.2, -0.15) is 0 Å². The third kappa shape index (κ3) is 1.99. The van der Waals surface area contributed by atoms with Crippen LogP contribution in [0.3, 0.4) is 0 Å². The molecule has 0 saturated heterocycles. The number of aromatic nitrogens is 3. The quantitative estimate of drug-likeness (QED) is 0.689. The smallest absolute Gasteiger partial charge is 0.358 e. The summed E-state index contributed by atoms with van der Waals surface area (Å²) in [6.07, 6.45) is 1.55. The second-order valence-corrected chi connectivity index (χ2v) is 4.58. The van der Waals surface area contributed by atoms with Gasteiger partial charge in [0.15, 0.2) is 5.69 Å². The first-order chi connectivity index (χ1) is 10.2. The molecule has 0 aliphatic heterocycles. The summed E-state index contributed by atoms with van der Waals surface area (Å²) in [5.74, 6) is -0.521. The summed E-state index contributed by atoms with van der Waals surface area (Å²) >= 11 is 0. The minimum absolute atomic E-state index is 0.146. The van der Waals surface area contributed by atoms with E-state index in [1.165, 1.54) is 0 Å².